The third-order valence-electron chi connectivity index (χ3n) is 6.06. The smallest absolute Gasteiger partial charge is 0.337 e. The second-order valence-electron chi connectivity index (χ2n) is 8.58. The highest BCUT2D eigenvalue weighted by Crippen LogP contribution is 2.40. The number of cyclic esters (lactones) is 1. The van der Waals surface area contributed by atoms with Gasteiger partial charge in [-0.05, 0) is 51.6 Å². The number of carbonyl (C=O) groups is 1. The summed E-state index contributed by atoms with van der Waals surface area (Å²) in [7, 11) is 4.08. The SMILES string of the molecule is C=C/C=C\C1=C(C)C(=O)OC1Oc1ccc(C(CN(C)C)C2(O)CCCCC2)cc1. The van der Waals surface area contributed by atoms with Gasteiger partial charge in [-0.3, -0.25) is 0 Å². The second-order valence-corrected chi connectivity index (χ2v) is 8.58. The lowest BCUT2D eigenvalue weighted by molar-refractivity contribution is -0.149. The molecular formula is C25H33NO4. The zero-order valence-corrected chi connectivity index (χ0v) is 18.3. The average molecular weight is 412 g/mol. The molecule has 0 amide bonds. The molecule has 0 aromatic heterocycles. The average Bonchev–Trinajstić information content (AvgIpc) is 2.98. The van der Waals surface area contributed by atoms with Crippen LogP contribution in [0.1, 0.15) is 50.5 Å². The number of benzene rings is 1. The minimum atomic E-state index is -0.764. The molecule has 0 spiro atoms. The van der Waals surface area contributed by atoms with Crippen molar-refractivity contribution in [3.63, 3.8) is 0 Å². The van der Waals surface area contributed by atoms with Crippen LogP contribution in [0.15, 0.2) is 60.2 Å². The highest BCUT2D eigenvalue weighted by molar-refractivity contribution is 5.92. The Labute approximate surface area is 179 Å². The van der Waals surface area contributed by atoms with Gasteiger partial charge in [0.05, 0.1) is 5.60 Å². The Morgan fingerprint density at radius 2 is 1.93 bits per heavy atom. The Bertz CT molecular complexity index is 816. The number of carbonyl (C=O) groups excluding carboxylic acids is 1. The number of aliphatic hydroxyl groups is 1. The van der Waals surface area contributed by atoms with E-state index < -0.39 is 11.9 Å². The summed E-state index contributed by atoms with van der Waals surface area (Å²) in [5, 5.41) is 11.4. The fraction of sp³-hybridized carbons (Fsp3) is 0.480. The molecule has 30 heavy (non-hydrogen) atoms. The van der Waals surface area contributed by atoms with Gasteiger partial charge in [0.1, 0.15) is 5.75 Å². The maximum absolute atomic E-state index is 12.0. The van der Waals surface area contributed by atoms with Crippen LogP contribution in [0.25, 0.3) is 0 Å². The van der Waals surface area contributed by atoms with Crippen molar-refractivity contribution in [1.82, 2.24) is 4.90 Å². The summed E-state index contributed by atoms with van der Waals surface area (Å²) in [5.41, 5.74) is 1.67. The summed E-state index contributed by atoms with van der Waals surface area (Å²) in [6.07, 6.45) is 9.45. The molecule has 2 atom stereocenters. The number of esters is 1. The fourth-order valence-corrected chi connectivity index (χ4v) is 4.37. The molecule has 1 heterocycles. The predicted octanol–water partition coefficient (Wildman–Crippen LogP) is 4.35. The highest BCUT2D eigenvalue weighted by atomic mass is 16.7. The summed E-state index contributed by atoms with van der Waals surface area (Å²) in [6, 6.07) is 7.81. The van der Waals surface area contributed by atoms with Crippen molar-refractivity contribution in [2.75, 3.05) is 20.6 Å². The Morgan fingerprint density at radius 3 is 2.53 bits per heavy atom. The molecule has 1 aromatic carbocycles. The molecule has 1 N–H and O–H groups in total. The number of hydrogen-bond acceptors (Lipinski definition) is 5. The van der Waals surface area contributed by atoms with Crippen LogP contribution in [0.5, 0.6) is 5.75 Å². The lowest BCUT2D eigenvalue weighted by Crippen LogP contribution is -2.42. The summed E-state index contributed by atoms with van der Waals surface area (Å²) >= 11 is 0. The zero-order chi connectivity index (χ0) is 21.7. The van der Waals surface area contributed by atoms with Crippen molar-refractivity contribution in [2.45, 2.75) is 56.8 Å². The van der Waals surface area contributed by atoms with E-state index in [1.54, 1.807) is 25.2 Å². The van der Waals surface area contributed by atoms with E-state index in [4.69, 9.17) is 9.47 Å². The van der Waals surface area contributed by atoms with Crippen LogP contribution in [0.3, 0.4) is 0 Å². The Balaban J connectivity index is 1.78. The molecule has 0 bridgehead atoms. The minimum Gasteiger partial charge on any atom is -0.450 e. The van der Waals surface area contributed by atoms with Crippen LogP contribution < -0.4 is 4.74 Å². The van der Waals surface area contributed by atoms with E-state index in [1.165, 1.54) is 6.42 Å². The van der Waals surface area contributed by atoms with Gasteiger partial charge in [0, 0.05) is 23.6 Å². The van der Waals surface area contributed by atoms with E-state index in [1.807, 2.05) is 38.4 Å². The van der Waals surface area contributed by atoms with E-state index in [-0.39, 0.29) is 11.9 Å². The lowest BCUT2D eigenvalue weighted by Gasteiger charge is -2.40. The number of nitrogens with zero attached hydrogens (tertiary/aromatic N) is 1. The number of likely N-dealkylation sites (N-methyl/N-ethyl adjacent to an activating group) is 1. The molecule has 3 rings (SSSR count). The molecule has 2 aliphatic rings. The first kappa shape index (κ1) is 22.3. The van der Waals surface area contributed by atoms with Gasteiger partial charge in [-0.2, -0.15) is 0 Å². The van der Waals surface area contributed by atoms with Crippen LogP contribution in [-0.2, 0) is 9.53 Å². The van der Waals surface area contributed by atoms with E-state index >= 15 is 0 Å². The quantitative estimate of drug-likeness (QED) is 0.509. The van der Waals surface area contributed by atoms with Gasteiger partial charge >= 0.3 is 5.97 Å². The third-order valence-corrected chi connectivity index (χ3v) is 6.06. The molecule has 2 unspecified atom stereocenters. The summed E-state index contributed by atoms with van der Waals surface area (Å²) < 4.78 is 11.3. The molecule has 5 heteroatoms. The molecule has 1 saturated carbocycles. The largest absolute Gasteiger partial charge is 0.450 e. The maximum Gasteiger partial charge on any atom is 0.337 e. The number of allylic oxidation sites excluding steroid dienone is 2. The first-order chi connectivity index (χ1) is 14.3. The first-order valence-corrected chi connectivity index (χ1v) is 10.7. The summed E-state index contributed by atoms with van der Waals surface area (Å²) in [5.74, 6) is 0.292. The van der Waals surface area contributed by atoms with Crippen molar-refractivity contribution in [1.29, 1.82) is 0 Å². The minimum absolute atomic E-state index is 0.0411. The molecular weight excluding hydrogens is 378 g/mol. The van der Waals surface area contributed by atoms with E-state index in [0.717, 1.165) is 37.8 Å². The molecule has 0 saturated heterocycles. The molecule has 1 fully saturated rings. The van der Waals surface area contributed by atoms with Gasteiger partial charge in [-0.15, -0.1) is 0 Å². The standard InChI is InChI=1S/C25H33NO4/c1-5-6-10-21-18(2)23(27)30-24(21)29-20-13-11-19(12-14-20)22(17-26(3)4)25(28)15-8-7-9-16-25/h5-6,10-14,22,24,28H,1,7-9,15-17H2,2-4H3/b10-6-. The normalized spacial score (nSPS) is 22.4. The number of ether oxygens (including phenoxy) is 2. The Kier molecular flexibility index (Phi) is 7.16. The van der Waals surface area contributed by atoms with Crippen molar-refractivity contribution in [3.05, 3.63) is 65.8 Å². The predicted molar refractivity (Wildman–Crippen MR) is 118 cm³/mol. The molecule has 162 valence electrons. The first-order valence-electron chi connectivity index (χ1n) is 10.7. The third kappa shape index (κ3) is 5.02. The Hall–Kier alpha value is -2.37. The van der Waals surface area contributed by atoms with Crippen LogP contribution in [0.4, 0.5) is 0 Å². The van der Waals surface area contributed by atoms with Crippen LogP contribution in [0.2, 0.25) is 0 Å². The van der Waals surface area contributed by atoms with Crippen LogP contribution in [0, 0.1) is 0 Å². The van der Waals surface area contributed by atoms with Crippen molar-refractivity contribution in [3.8, 4) is 5.75 Å². The molecule has 1 aromatic rings. The van der Waals surface area contributed by atoms with Crippen molar-refractivity contribution >= 4 is 5.97 Å². The molecule has 0 radical (unpaired) electrons. The van der Waals surface area contributed by atoms with Crippen LogP contribution >= 0.6 is 0 Å². The van der Waals surface area contributed by atoms with E-state index in [2.05, 4.69) is 11.5 Å². The van der Waals surface area contributed by atoms with Gasteiger partial charge in [0.2, 0.25) is 0 Å². The van der Waals surface area contributed by atoms with Gasteiger partial charge in [0.15, 0.2) is 0 Å². The van der Waals surface area contributed by atoms with E-state index in [9.17, 15) is 9.90 Å². The number of rotatable bonds is 8. The van der Waals surface area contributed by atoms with Gasteiger partial charge in [0.25, 0.3) is 6.29 Å². The van der Waals surface area contributed by atoms with Gasteiger partial charge < -0.3 is 19.5 Å². The van der Waals surface area contributed by atoms with Gasteiger partial charge in [-0.25, -0.2) is 4.79 Å². The topological polar surface area (TPSA) is 59.0 Å². The molecule has 5 nitrogen and oxygen atoms in total. The zero-order valence-electron chi connectivity index (χ0n) is 18.3. The maximum atomic E-state index is 12.0. The number of hydrogen-bond donors (Lipinski definition) is 1. The van der Waals surface area contributed by atoms with Crippen LogP contribution in [-0.4, -0.2) is 48.5 Å². The van der Waals surface area contributed by atoms with Gasteiger partial charge in [-0.1, -0.05) is 56.2 Å². The second kappa shape index (κ2) is 9.63. The monoisotopic (exact) mass is 411 g/mol. The Morgan fingerprint density at radius 1 is 1.27 bits per heavy atom. The van der Waals surface area contributed by atoms with E-state index in [0.29, 0.717) is 16.9 Å². The summed E-state index contributed by atoms with van der Waals surface area (Å²) in [6.45, 7) is 6.18. The molecule has 1 aliphatic heterocycles. The highest BCUT2D eigenvalue weighted by Gasteiger charge is 2.39. The fourth-order valence-electron chi connectivity index (χ4n) is 4.37. The van der Waals surface area contributed by atoms with Crippen molar-refractivity contribution < 1.29 is 19.4 Å². The molecule has 1 aliphatic carbocycles. The lowest BCUT2D eigenvalue weighted by atomic mass is 9.72. The summed E-state index contributed by atoms with van der Waals surface area (Å²) in [4.78, 5) is 14.1. The van der Waals surface area contributed by atoms with Crippen molar-refractivity contribution in [2.24, 2.45) is 0 Å².